The average molecular weight is 441 g/mol. The van der Waals surface area contributed by atoms with E-state index < -0.39 is 0 Å². The lowest BCUT2D eigenvalue weighted by atomic mass is 9.93. The molecule has 0 aliphatic carbocycles. The molecule has 2 aromatic rings. The topological polar surface area (TPSA) is 76.7 Å². The van der Waals surface area contributed by atoms with Crippen LogP contribution in [0.2, 0.25) is 0 Å². The number of para-hydroxylation sites is 2. The van der Waals surface area contributed by atoms with Gasteiger partial charge in [0.1, 0.15) is 13.1 Å². The number of anilines is 2. The Kier molecular flexibility index (Phi) is 12.4. The van der Waals surface area contributed by atoms with E-state index in [1.807, 2.05) is 60.7 Å². The minimum atomic E-state index is -0.239. The largest absolute Gasteiger partial charge is 0.464 e. The summed E-state index contributed by atoms with van der Waals surface area (Å²) in [7, 11) is 0. The summed E-state index contributed by atoms with van der Waals surface area (Å²) >= 11 is 0. The molecule has 0 heterocycles. The summed E-state index contributed by atoms with van der Waals surface area (Å²) in [5.41, 5.74) is 1.81. The maximum atomic E-state index is 11.9. The molecule has 0 amide bonds. The Morgan fingerprint density at radius 2 is 1.16 bits per heavy atom. The Bertz CT molecular complexity index is 704. The fourth-order valence-electron chi connectivity index (χ4n) is 3.52. The van der Waals surface area contributed by atoms with Crippen LogP contribution in [0.25, 0.3) is 0 Å². The van der Waals surface area contributed by atoms with Crippen molar-refractivity contribution in [2.75, 3.05) is 36.9 Å². The molecule has 0 bridgehead atoms. The van der Waals surface area contributed by atoms with E-state index >= 15 is 0 Å². The van der Waals surface area contributed by atoms with Crippen LogP contribution in [0.5, 0.6) is 0 Å². The van der Waals surface area contributed by atoms with Crippen molar-refractivity contribution >= 4 is 23.3 Å². The molecular formula is C26H36N2O4. The number of hydrogen-bond donors (Lipinski definition) is 2. The van der Waals surface area contributed by atoms with Gasteiger partial charge in [-0.1, -0.05) is 56.2 Å². The van der Waals surface area contributed by atoms with E-state index in [4.69, 9.17) is 9.47 Å². The lowest BCUT2D eigenvalue weighted by molar-refractivity contribution is -0.142. The molecule has 0 aliphatic rings. The van der Waals surface area contributed by atoms with Gasteiger partial charge >= 0.3 is 11.9 Å². The van der Waals surface area contributed by atoms with Gasteiger partial charge in [-0.3, -0.25) is 9.59 Å². The summed E-state index contributed by atoms with van der Waals surface area (Å²) in [6.45, 7) is 3.41. The number of carbonyl (C=O) groups is 2. The lowest BCUT2D eigenvalue weighted by Crippen LogP contribution is -2.18. The third-order valence-electron chi connectivity index (χ3n) is 5.16. The van der Waals surface area contributed by atoms with Crippen molar-refractivity contribution in [3.63, 3.8) is 0 Å². The standard InChI is InChI=1S/C26H36N2O4/c1-2-11-22(12-9-18-31-25(29)20-27-23-14-5-3-6-15-23)13-10-19-32-26(30)21-28-24-16-7-4-8-17-24/h3-8,14-17,22,27-28H,2,9-13,18-21H2,1H3. The summed E-state index contributed by atoms with van der Waals surface area (Å²) in [6.07, 6.45) is 5.97. The van der Waals surface area contributed by atoms with Crippen molar-refractivity contribution in [3.8, 4) is 0 Å². The molecule has 2 aromatic carbocycles. The number of carbonyl (C=O) groups excluding carboxylic acids is 2. The van der Waals surface area contributed by atoms with Crippen molar-refractivity contribution in [2.24, 2.45) is 5.92 Å². The van der Waals surface area contributed by atoms with Crippen molar-refractivity contribution in [1.82, 2.24) is 0 Å². The molecule has 2 N–H and O–H groups in total. The second kappa shape index (κ2) is 15.7. The molecule has 0 aliphatic heterocycles. The van der Waals surface area contributed by atoms with E-state index in [-0.39, 0.29) is 25.0 Å². The Morgan fingerprint density at radius 1 is 0.719 bits per heavy atom. The zero-order chi connectivity index (χ0) is 22.9. The third-order valence-corrected chi connectivity index (χ3v) is 5.16. The Hall–Kier alpha value is -3.02. The van der Waals surface area contributed by atoms with E-state index in [2.05, 4.69) is 17.6 Å². The van der Waals surface area contributed by atoms with E-state index in [1.165, 1.54) is 0 Å². The van der Waals surface area contributed by atoms with Crippen LogP contribution < -0.4 is 10.6 Å². The second-order valence-electron chi connectivity index (χ2n) is 7.82. The van der Waals surface area contributed by atoms with Crippen LogP contribution in [-0.4, -0.2) is 38.2 Å². The summed E-state index contributed by atoms with van der Waals surface area (Å²) in [5.74, 6) is 0.0797. The SMILES string of the molecule is CCCC(CCCOC(=O)CNc1ccccc1)CCCOC(=O)CNc1ccccc1. The van der Waals surface area contributed by atoms with E-state index in [9.17, 15) is 9.59 Å². The van der Waals surface area contributed by atoms with Gasteiger partial charge in [0.05, 0.1) is 13.2 Å². The maximum Gasteiger partial charge on any atom is 0.325 e. The van der Waals surface area contributed by atoms with Gasteiger partial charge in [0.2, 0.25) is 0 Å². The van der Waals surface area contributed by atoms with Crippen LogP contribution in [0.3, 0.4) is 0 Å². The number of nitrogens with one attached hydrogen (secondary N) is 2. The fourth-order valence-corrected chi connectivity index (χ4v) is 3.52. The van der Waals surface area contributed by atoms with Gasteiger partial charge in [0.25, 0.3) is 0 Å². The molecule has 0 radical (unpaired) electrons. The number of ether oxygens (including phenoxy) is 2. The summed E-state index contributed by atoms with van der Waals surface area (Å²) < 4.78 is 10.7. The highest BCUT2D eigenvalue weighted by atomic mass is 16.5. The number of benzene rings is 2. The van der Waals surface area contributed by atoms with Gasteiger partial charge in [0.15, 0.2) is 0 Å². The molecule has 32 heavy (non-hydrogen) atoms. The molecule has 0 spiro atoms. The molecule has 0 fully saturated rings. The molecule has 0 atom stereocenters. The minimum absolute atomic E-state index is 0.174. The molecule has 174 valence electrons. The van der Waals surface area contributed by atoms with Gasteiger partial charge in [-0.15, -0.1) is 0 Å². The maximum absolute atomic E-state index is 11.9. The van der Waals surface area contributed by atoms with Gasteiger partial charge in [-0.25, -0.2) is 0 Å². The van der Waals surface area contributed by atoms with Crippen LogP contribution in [0.4, 0.5) is 11.4 Å². The first kappa shape index (κ1) is 25.2. The van der Waals surface area contributed by atoms with E-state index in [1.54, 1.807) is 0 Å². The first-order valence-corrected chi connectivity index (χ1v) is 11.6. The first-order valence-electron chi connectivity index (χ1n) is 11.6. The smallest absolute Gasteiger partial charge is 0.325 e. The Balaban J connectivity index is 1.52. The van der Waals surface area contributed by atoms with Crippen molar-refractivity contribution in [2.45, 2.75) is 45.4 Å². The highest BCUT2D eigenvalue weighted by Gasteiger charge is 2.10. The molecule has 2 rings (SSSR count). The normalized spacial score (nSPS) is 10.6. The van der Waals surface area contributed by atoms with Crippen molar-refractivity contribution < 1.29 is 19.1 Å². The summed E-state index contributed by atoms with van der Waals surface area (Å²) in [4.78, 5) is 23.7. The van der Waals surface area contributed by atoms with Gasteiger partial charge in [-0.05, 0) is 55.9 Å². The average Bonchev–Trinajstić information content (AvgIpc) is 2.83. The van der Waals surface area contributed by atoms with Gasteiger partial charge in [-0.2, -0.15) is 0 Å². The predicted molar refractivity (Wildman–Crippen MR) is 129 cm³/mol. The zero-order valence-corrected chi connectivity index (χ0v) is 19.1. The fraction of sp³-hybridized carbons (Fsp3) is 0.462. The Labute approximate surface area is 191 Å². The van der Waals surface area contributed by atoms with Crippen LogP contribution in [-0.2, 0) is 19.1 Å². The minimum Gasteiger partial charge on any atom is -0.464 e. The van der Waals surface area contributed by atoms with Crippen molar-refractivity contribution in [1.29, 1.82) is 0 Å². The quantitative estimate of drug-likeness (QED) is 0.273. The Morgan fingerprint density at radius 3 is 1.56 bits per heavy atom. The first-order chi connectivity index (χ1) is 15.7. The zero-order valence-electron chi connectivity index (χ0n) is 19.1. The van der Waals surface area contributed by atoms with Crippen LogP contribution >= 0.6 is 0 Å². The molecule has 6 nitrogen and oxygen atoms in total. The van der Waals surface area contributed by atoms with Crippen LogP contribution in [0.15, 0.2) is 60.7 Å². The molecular weight excluding hydrogens is 404 g/mol. The molecule has 0 saturated heterocycles. The summed E-state index contributed by atoms with van der Waals surface area (Å²) in [5, 5.41) is 6.11. The number of esters is 2. The van der Waals surface area contributed by atoms with E-state index in [0.717, 1.165) is 49.9 Å². The number of hydrogen-bond acceptors (Lipinski definition) is 6. The van der Waals surface area contributed by atoms with Gasteiger partial charge < -0.3 is 20.1 Å². The lowest BCUT2D eigenvalue weighted by Gasteiger charge is -2.16. The summed E-state index contributed by atoms with van der Waals surface area (Å²) in [6, 6.07) is 19.2. The van der Waals surface area contributed by atoms with Crippen LogP contribution in [0.1, 0.15) is 45.4 Å². The monoisotopic (exact) mass is 440 g/mol. The molecule has 0 aromatic heterocycles. The van der Waals surface area contributed by atoms with Gasteiger partial charge in [0, 0.05) is 11.4 Å². The van der Waals surface area contributed by atoms with Crippen LogP contribution in [0, 0.1) is 5.92 Å². The molecule has 6 heteroatoms. The number of rotatable bonds is 16. The predicted octanol–water partition coefficient (Wildman–Crippen LogP) is 5.27. The van der Waals surface area contributed by atoms with Crippen molar-refractivity contribution in [3.05, 3.63) is 60.7 Å². The second-order valence-corrected chi connectivity index (χ2v) is 7.82. The highest BCUT2D eigenvalue weighted by molar-refractivity contribution is 5.75. The molecule has 0 saturated carbocycles. The third kappa shape index (κ3) is 11.4. The highest BCUT2D eigenvalue weighted by Crippen LogP contribution is 2.19. The molecule has 0 unspecified atom stereocenters. The van der Waals surface area contributed by atoms with E-state index in [0.29, 0.717) is 19.1 Å².